The first-order valence-electron chi connectivity index (χ1n) is 7.85. The van der Waals surface area contributed by atoms with Crippen LogP contribution in [0.15, 0.2) is 24.3 Å². The SMILES string of the molecule is COC(=O)[C@@H](CC(C)C)N(Cc1ccc(F)cc1)C(=O)CC(C)=O. The van der Waals surface area contributed by atoms with E-state index < -0.39 is 17.9 Å². The lowest BCUT2D eigenvalue weighted by Gasteiger charge is -2.31. The number of carbonyl (C=O) groups excluding carboxylic acids is 3. The molecule has 0 saturated heterocycles. The molecule has 5 nitrogen and oxygen atoms in total. The van der Waals surface area contributed by atoms with Gasteiger partial charge in [0.1, 0.15) is 17.6 Å². The van der Waals surface area contributed by atoms with E-state index in [2.05, 4.69) is 0 Å². The van der Waals surface area contributed by atoms with Gasteiger partial charge < -0.3 is 9.64 Å². The van der Waals surface area contributed by atoms with Gasteiger partial charge in [-0.2, -0.15) is 0 Å². The Labute approximate surface area is 141 Å². The molecule has 0 aliphatic heterocycles. The largest absolute Gasteiger partial charge is 0.467 e. The van der Waals surface area contributed by atoms with E-state index in [0.29, 0.717) is 12.0 Å². The van der Waals surface area contributed by atoms with Gasteiger partial charge in [0.25, 0.3) is 0 Å². The Hall–Kier alpha value is -2.24. The van der Waals surface area contributed by atoms with Crippen molar-refractivity contribution in [2.75, 3.05) is 7.11 Å². The zero-order chi connectivity index (χ0) is 18.3. The van der Waals surface area contributed by atoms with Crippen LogP contribution in [0.4, 0.5) is 4.39 Å². The van der Waals surface area contributed by atoms with Gasteiger partial charge in [0.15, 0.2) is 0 Å². The lowest BCUT2D eigenvalue weighted by Crippen LogP contribution is -2.46. The summed E-state index contributed by atoms with van der Waals surface area (Å²) in [5.74, 6) is -1.48. The van der Waals surface area contributed by atoms with Crippen LogP contribution in [0.2, 0.25) is 0 Å². The van der Waals surface area contributed by atoms with E-state index in [-0.39, 0.29) is 30.5 Å². The van der Waals surface area contributed by atoms with Gasteiger partial charge in [0.2, 0.25) is 5.91 Å². The zero-order valence-electron chi connectivity index (χ0n) is 14.5. The number of ketones is 1. The first-order chi connectivity index (χ1) is 11.2. The Balaban J connectivity index is 3.12. The van der Waals surface area contributed by atoms with Crippen LogP contribution < -0.4 is 0 Å². The minimum atomic E-state index is -0.785. The molecule has 1 atom stereocenters. The van der Waals surface area contributed by atoms with E-state index in [0.717, 1.165) is 0 Å². The minimum absolute atomic E-state index is 0.110. The van der Waals surface area contributed by atoms with E-state index in [4.69, 9.17) is 4.74 Å². The Morgan fingerprint density at radius 3 is 2.21 bits per heavy atom. The normalized spacial score (nSPS) is 11.9. The van der Waals surface area contributed by atoms with Gasteiger partial charge in [0.05, 0.1) is 13.5 Å². The van der Waals surface area contributed by atoms with Crippen molar-refractivity contribution in [3.05, 3.63) is 35.6 Å². The predicted molar refractivity (Wildman–Crippen MR) is 87.5 cm³/mol. The average molecular weight is 337 g/mol. The lowest BCUT2D eigenvalue weighted by molar-refractivity contribution is -0.154. The number of esters is 1. The summed E-state index contributed by atoms with van der Waals surface area (Å²) in [6.45, 7) is 5.30. The number of nitrogens with zero attached hydrogens (tertiary/aromatic N) is 1. The molecule has 1 rings (SSSR count). The van der Waals surface area contributed by atoms with E-state index in [1.54, 1.807) is 12.1 Å². The maximum absolute atomic E-state index is 13.1. The third-order valence-corrected chi connectivity index (χ3v) is 3.53. The van der Waals surface area contributed by atoms with Gasteiger partial charge in [-0.25, -0.2) is 9.18 Å². The maximum Gasteiger partial charge on any atom is 0.328 e. The second-order valence-corrected chi connectivity index (χ2v) is 6.20. The van der Waals surface area contributed by atoms with Crippen LogP contribution in [0.5, 0.6) is 0 Å². The summed E-state index contributed by atoms with van der Waals surface area (Å²) < 4.78 is 17.9. The predicted octanol–water partition coefficient (Wildman–Crippen LogP) is 2.72. The minimum Gasteiger partial charge on any atom is -0.467 e. The molecule has 132 valence electrons. The van der Waals surface area contributed by atoms with Crippen molar-refractivity contribution in [1.29, 1.82) is 0 Å². The highest BCUT2D eigenvalue weighted by molar-refractivity contribution is 5.98. The van der Waals surface area contributed by atoms with E-state index in [1.807, 2.05) is 13.8 Å². The van der Waals surface area contributed by atoms with E-state index in [9.17, 15) is 18.8 Å². The van der Waals surface area contributed by atoms with Crippen molar-refractivity contribution >= 4 is 17.7 Å². The van der Waals surface area contributed by atoms with Crippen molar-refractivity contribution in [2.24, 2.45) is 5.92 Å². The number of carbonyl (C=O) groups is 3. The fraction of sp³-hybridized carbons (Fsp3) is 0.500. The molecule has 1 aromatic rings. The third kappa shape index (κ3) is 6.10. The molecule has 0 radical (unpaired) electrons. The Bertz CT molecular complexity index is 583. The van der Waals surface area contributed by atoms with Gasteiger partial charge in [-0.1, -0.05) is 26.0 Å². The number of halogens is 1. The number of amides is 1. The van der Waals surface area contributed by atoms with Crippen molar-refractivity contribution in [1.82, 2.24) is 4.90 Å². The van der Waals surface area contributed by atoms with Gasteiger partial charge in [-0.05, 0) is 37.0 Å². The fourth-order valence-electron chi connectivity index (χ4n) is 2.41. The smallest absolute Gasteiger partial charge is 0.328 e. The second kappa shape index (κ2) is 9.15. The Morgan fingerprint density at radius 1 is 1.17 bits per heavy atom. The summed E-state index contributed by atoms with van der Waals surface area (Å²) in [6.07, 6.45) is 0.129. The van der Waals surface area contributed by atoms with Crippen LogP contribution >= 0.6 is 0 Å². The van der Waals surface area contributed by atoms with Crippen LogP contribution in [0.3, 0.4) is 0 Å². The van der Waals surface area contributed by atoms with Crippen molar-refractivity contribution < 1.29 is 23.5 Å². The standard InChI is InChI=1S/C18H24FNO4/c1-12(2)9-16(18(23)24-4)20(17(22)10-13(3)21)11-14-5-7-15(19)8-6-14/h5-8,12,16H,9-11H2,1-4H3/t16-/m1/s1. The highest BCUT2D eigenvalue weighted by Crippen LogP contribution is 2.18. The molecule has 0 aliphatic rings. The first kappa shape index (κ1) is 19.8. The van der Waals surface area contributed by atoms with Crippen LogP contribution in [0, 0.1) is 11.7 Å². The van der Waals surface area contributed by atoms with E-state index >= 15 is 0 Å². The maximum atomic E-state index is 13.1. The van der Waals surface area contributed by atoms with Crippen molar-refractivity contribution in [3.63, 3.8) is 0 Å². The molecule has 0 N–H and O–H groups in total. The monoisotopic (exact) mass is 337 g/mol. The number of ether oxygens (including phenoxy) is 1. The summed E-state index contributed by atoms with van der Waals surface area (Å²) >= 11 is 0. The molecule has 0 aliphatic carbocycles. The molecule has 0 aromatic heterocycles. The molecule has 24 heavy (non-hydrogen) atoms. The number of Topliss-reactive ketones (excluding diaryl/α,β-unsaturated/α-hetero) is 1. The van der Waals surface area contributed by atoms with Crippen molar-refractivity contribution in [2.45, 2.75) is 46.2 Å². The molecule has 1 amide bonds. The highest BCUT2D eigenvalue weighted by Gasteiger charge is 2.31. The average Bonchev–Trinajstić information content (AvgIpc) is 2.50. The summed E-state index contributed by atoms with van der Waals surface area (Å²) in [4.78, 5) is 37.3. The molecule has 0 unspecified atom stereocenters. The van der Waals surface area contributed by atoms with Gasteiger partial charge in [0, 0.05) is 6.54 Å². The first-order valence-corrected chi connectivity index (χ1v) is 7.85. The molecule has 6 heteroatoms. The molecule has 0 bridgehead atoms. The molecule has 0 heterocycles. The third-order valence-electron chi connectivity index (χ3n) is 3.53. The number of methoxy groups -OCH3 is 1. The van der Waals surface area contributed by atoms with Crippen LogP contribution in [-0.2, 0) is 25.7 Å². The highest BCUT2D eigenvalue weighted by atomic mass is 19.1. The zero-order valence-corrected chi connectivity index (χ0v) is 14.5. The molecule has 1 aromatic carbocycles. The van der Waals surface area contributed by atoms with Crippen LogP contribution in [-0.4, -0.2) is 35.7 Å². The van der Waals surface area contributed by atoms with Crippen molar-refractivity contribution in [3.8, 4) is 0 Å². The van der Waals surface area contributed by atoms with Crippen LogP contribution in [0.1, 0.15) is 39.2 Å². The number of hydrogen-bond acceptors (Lipinski definition) is 4. The molecule has 0 saturated carbocycles. The van der Waals surface area contributed by atoms with Gasteiger partial charge in [-0.15, -0.1) is 0 Å². The second-order valence-electron chi connectivity index (χ2n) is 6.20. The van der Waals surface area contributed by atoms with Gasteiger partial charge in [-0.3, -0.25) is 9.59 Å². The Morgan fingerprint density at radius 2 is 1.75 bits per heavy atom. The quantitative estimate of drug-likeness (QED) is 0.540. The fourth-order valence-corrected chi connectivity index (χ4v) is 2.41. The summed E-state index contributed by atoms with van der Waals surface area (Å²) in [6, 6.07) is 4.89. The topological polar surface area (TPSA) is 63.7 Å². The number of benzene rings is 1. The van der Waals surface area contributed by atoms with Gasteiger partial charge >= 0.3 is 5.97 Å². The van der Waals surface area contributed by atoms with Crippen LogP contribution in [0.25, 0.3) is 0 Å². The molecule has 0 spiro atoms. The summed E-state index contributed by atoms with van der Waals surface area (Å²) in [7, 11) is 1.27. The Kier molecular flexibility index (Phi) is 7.55. The summed E-state index contributed by atoms with van der Waals surface area (Å²) in [5.41, 5.74) is 0.672. The molecular formula is C18H24FNO4. The number of hydrogen-bond donors (Lipinski definition) is 0. The lowest BCUT2D eigenvalue weighted by atomic mass is 10.0. The van der Waals surface area contributed by atoms with E-state index in [1.165, 1.54) is 31.1 Å². The number of rotatable bonds is 8. The molecular weight excluding hydrogens is 313 g/mol. The summed E-state index contributed by atoms with van der Waals surface area (Å²) in [5, 5.41) is 0. The molecule has 0 fully saturated rings.